The summed E-state index contributed by atoms with van der Waals surface area (Å²) >= 11 is 0. The van der Waals surface area contributed by atoms with Crippen LogP contribution < -0.4 is 0 Å². The van der Waals surface area contributed by atoms with Gasteiger partial charge in [-0.1, -0.05) is 26.7 Å². The predicted octanol–water partition coefficient (Wildman–Crippen LogP) is 3.91. The lowest BCUT2D eigenvalue weighted by molar-refractivity contribution is 0.0498. The first-order valence-electron chi connectivity index (χ1n) is 7.54. The monoisotopic (exact) mass is 292 g/mol. The molecule has 0 aliphatic heterocycles. The van der Waals surface area contributed by atoms with Crippen LogP contribution in [0.1, 0.15) is 65.8 Å². The number of carbonyl (C=O) groups is 2. The van der Waals surface area contributed by atoms with E-state index < -0.39 is 11.9 Å². The van der Waals surface area contributed by atoms with Crippen LogP contribution in [-0.4, -0.2) is 25.2 Å². The second-order valence-electron chi connectivity index (χ2n) is 5.07. The van der Waals surface area contributed by atoms with Crippen LogP contribution in [0.25, 0.3) is 0 Å². The van der Waals surface area contributed by atoms with Gasteiger partial charge in [0.15, 0.2) is 0 Å². The number of ether oxygens (including phenoxy) is 2. The maximum Gasteiger partial charge on any atom is 0.338 e. The highest BCUT2D eigenvalue weighted by atomic mass is 16.5. The number of rotatable bonds is 8. The van der Waals surface area contributed by atoms with E-state index in [2.05, 4.69) is 0 Å². The molecule has 0 bridgehead atoms. The van der Waals surface area contributed by atoms with Gasteiger partial charge in [0.2, 0.25) is 0 Å². The third kappa shape index (κ3) is 5.98. The third-order valence-electron chi connectivity index (χ3n) is 3.01. The molecule has 0 N–H and O–H groups in total. The number of aryl methyl sites for hydroxylation is 1. The Morgan fingerprint density at radius 1 is 0.857 bits per heavy atom. The Morgan fingerprint density at radius 3 is 1.67 bits per heavy atom. The van der Waals surface area contributed by atoms with Gasteiger partial charge in [-0.05, 0) is 43.5 Å². The van der Waals surface area contributed by atoms with Crippen LogP contribution in [0.5, 0.6) is 0 Å². The minimum atomic E-state index is -0.394. The van der Waals surface area contributed by atoms with E-state index in [1.54, 1.807) is 12.1 Å². The maximum atomic E-state index is 11.9. The Bertz CT molecular complexity index is 439. The number of benzene rings is 1. The summed E-state index contributed by atoms with van der Waals surface area (Å²) in [5.41, 5.74) is 1.63. The van der Waals surface area contributed by atoms with Crippen molar-refractivity contribution in [3.8, 4) is 0 Å². The fraction of sp³-hybridized carbons (Fsp3) is 0.529. The standard InChI is InChI=1S/C17H24O4/c1-4-6-8-20-16(18)14-10-13(3)11-15(12-14)17(19)21-9-7-5-2/h10-12H,4-9H2,1-3H3. The van der Waals surface area contributed by atoms with Crippen LogP contribution in [0.3, 0.4) is 0 Å². The molecule has 0 aliphatic rings. The maximum absolute atomic E-state index is 11.9. The van der Waals surface area contributed by atoms with Crippen molar-refractivity contribution >= 4 is 11.9 Å². The molecule has 1 aromatic carbocycles. The number of carbonyl (C=O) groups excluding carboxylic acids is 2. The van der Waals surface area contributed by atoms with Crippen LogP contribution >= 0.6 is 0 Å². The van der Waals surface area contributed by atoms with Crippen molar-refractivity contribution in [2.45, 2.75) is 46.5 Å². The van der Waals surface area contributed by atoms with E-state index >= 15 is 0 Å². The van der Waals surface area contributed by atoms with E-state index in [0.717, 1.165) is 31.2 Å². The Kier molecular flexibility index (Phi) is 7.51. The normalized spacial score (nSPS) is 10.2. The van der Waals surface area contributed by atoms with Gasteiger partial charge < -0.3 is 9.47 Å². The number of esters is 2. The van der Waals surface area contributed by atoms with Crippen molar-refractivity contribution < 1.29 is 19.1 Å². The molecule has 0 heterocycles. The SMILES string of the molecule is CCCCOC(=O)c1cc(C)cc(C(=O)OCCCC)c1. The van der Waals surface area contributed by atoms with Crippen LogP contribution in [0.2, 0.25) is 0 Å². The lowest BCUT2D eigenvalue weighted by atomic mass is 10.1. The number of hydrogen-bond acceptors (Lipinski definition) is 4. The van der Waals surface area contributed by atoms with Gasteiger partial charge >= 0.3 is 11.9 Å². The summed E-state index contributed by atoms with van der Waals surface area (Å²) < 4.78 is 10.3. The van der Waals surface area contributed by atoms with E-state index in [0.29, 0.717) is 24.3 Å². The second kappa shape index (κ2) is 9.16. The van der Waals surface area contributed by atoms with Crippen molar-refractivity contribution in [1.82, 2.24) is 0 Å². The van der Waals surface area contributed by atoms with Crippen molar-refractivity contribution in [3.05, 3.63) is 34.9 Å². The molecule has 116 valence electrons. The quantitative estimate of drug-likeness (QED) is 0.538. The largest absolute Gasteiger partial charge is 0.462 e. The van der Waals surface area contributed by atoms with Gasteiger partial charge in [-0.3, -0.25) is 0 Å². The summed E-state index contributed by atoms with van der Waals surface area (Å²) in [6, 6.07) is 4.98. The molecule has 1 rings (SSSR count). The first-order valence-corrected chi connectivity index (χ1v) is 7.54. The zero-order chi connectivity index (χ0) is 15.7. The topological polar surface area (TPSA) is 52.6 Å². The van der Waals surface area contributed by atoms with Gasteiger partial charge in [-0.2, -0.15) is 0 Å². The molecule has 0 aromatic heterocycles. The Labute approximate surface area is 126 Å². The van der Waals surface area contributed by atoms with Crippen molar-refractivity contribution in [2.75, 3.05) is 13.2 Å². The summed E-state index contributed by atoms with van der Waals surface area (Å²) in [5.74, 6) is -0.787. The molecule has 0 aliphatic carbocycles. The van der Waals surface area contributed by atoms with Gasteiger partial charge in [0.25, 0.3) is 0 Å². The second-order valence-corrected chi connectivity index (χ2v) is 5.07. The molecule has 0 unspecified atom stereocenters. The highest BCUT2D eigenvalue weighted by Crippen LogP contribution is 2.13. The van der Waals surface area contributed by atoms with Crippen molar-refractivity contribution in [1.29, 1.82) is 0 Å². The molecular weight excluding hydrogens is 268 g/mol. The summed E-state index contributed by atoms with van der Waals surface area (Å²) in [5, 5.41) is 0. The van der Waals surface area contributed by atoms with E-state index in [4.69, 9.17) is 9.47 Å². The molecule has 1 aromatic rings. The molecule has 0 fully saturated rings. The van der Waals surface area contributed by atoms with Crippen LogP contribution in [0, 0.1) is 6.92 Å². The molecule has 0 atom stereocenters. The Hall–Kier alpha value is -1.84. The zero-order valence-electron chi connectivity index (χ0n) is 13.1. The lowest BCUT2D eigenvalue weighted by Crippen LogP contribution is -2.11. The number of hydrogen-bond donors (Lipinski definition) is 0. The average molecular weight is 292 g/mol. The molecule has 21 heavy (non-hydrogen) atoms. The Balaban J connectivity index is 2.74. The average Bonchev–Trinajstić information content (AvgIpc) is 2.47. The van der Waals surface area contributed by atoms with Gasteiger partial charge in [-0.15, -0.1) is 0 Å². The molecule has 0 saturated heterocycles. The van der Waals surface area contributed by atoms with E-state index in [9.17, 15) is 9.59 Å². The molecule has 4 heteroatoms. The predicted molar refractivity (Wildman–Crippen MR) is 81.6 cm³/mol. The summed E-state index contributed by atoms with van der Waals surface area (Å²) in [6.45, 7) is 6.71. The summed E-state index contributed by atoms with van der Waals surface area (Å²) in [6.07, 6.45) is 3.61. The zero-order valence-corrected chi connectivity index (χ0v) is 13.1. The van der Waals surface area contributed by atoms with Crippen molar-refractivity contribution in [3.63, 3.8) is 0 Å². The third-order valence-corrected chi connectivity index (χ3v) is 3.01. The Morgan fingerprint density at radius 2 is 1.29 bits per heavy atom. The van der Waals surface area contributed by atoms with Gasteiger partial charge in [-0.25, -0.2) is 9.59 Å². The van der Waals surface area contributed by atoms with Crippen molar-refractivity contribution in [2.24, 2.45) is 0 Å². The van der Waals surface area contributed by atoms with E-state index in [-0.39, 0.29) is 0 Å². The molecular formula is C17H24O4. The van der Waals surface area contributed by atoms with Gasteiger partial charge in [0.05, 0.1) is 24.3 Å². The molecule has 0 amide bonds. The van der Waals surface area contributed by atoms with Crippen LogP contribution in [-0.2, 0) is 9.47 Å². The summed E-state index contributed by atoms with van der Waals surface area (Å²) in [4.78, 5) is 23.9. The minimum absolute atomic E-state index is 0.394. The van der Waals surface area contributed by atoms with Crippen LogP contribution in [0.4, 0.5) is 0 Å². The smallest absolute Gasteiger partial charge is 0.338 e. The van der Waals surface area contributed by atoms with Crippen LogP contribution in [0.15, 0.2) is 18.2 Å². The van der Waals surface area contributed by atoms with E-state index in [1.165, 1.54) is 6.07 Å². The van der Waals surface area contributed by atoms with E-state index in [1.807, 2.05) is 20.8 Å². The molecule has 0 radical (unpaired) electrons. The molecule has 0 spiro atoms. The highest BCUT2D eigenvalue weighted by Gasteiger charge is 2.13. The first-order chi connectivity index (χ1) is 10.1. The highest BCUT2D eigenvalue weighted by molar-refractivity contribution is 5.95. The minimum Gasteiger partial charge on any atom is -0.462 e. The lowest BCUT2D eigenvalue weighted by Gasteiger charge is -2.08. The summed E-state index contributed by atoms with van der Waals surface area (Å²) in [7, 11) is 0. The molecule has 4 nitrogen and oxygen atoms in total. The van der Waals surface area contributed by atoms with Gasteiger partial charge in [0.1, 0.15) is 0 Å². The molecule has 0 saturated carbocycles. The number of unbranched alkanes of at least 4 members (excludes halogenated alkanes) is 2. The first kappa shape index (κ1) is 17.2. The fourth-order valence-electron chi connectivity index (χ4n) is 1.80. The fourth-order valence-corrected chi connectivity index (χ4v) is 1.80. The van der Waals surface area contributed by atoms with Gasteiger partial charge in [0, 0.05) is 0 Å².